The number of nitrogens with two attached hydrogens (primary N) is 1. The minimum absolute atomic E-state index is 0. The number of hydrogen-bond acceptors (Lipinski definition) is 5. The highest BCUT2D eigenvalue weighted by molar-refractivity contribution is 5.85. The van der Waals surface area contributed by atoms with E-state index in [4.69, 9.17) is 5.73 Å². The third-order valence-electron chi connectivity index (χ3n) is 4.47. The molecule has 2 heterocycles. The molecule has 1 aliphatic rings. The van der Waals surface area contributed by atoms with Crippen LogP contribution < -0.4 is 21.9 Å². The number of nitrogens with zero attached hydrogens (tertiary/aromatic N) is 3. The topological polar surface area (TPSA) is 93.5 Å². The van der Waals surface area contributed by atoms with E-state index in [0.717, 1.165) is 12.5 Å². The summed E-state index contributed by atoms with van der Waals surface area (Å²) in [5.41, 5.74) is 4.59. The number of halogens is 2. The van der Waals surface area contributed by atoms with Crippen LogP contribution in [0, 0.1) is 11.7 Å². The van der Waals surface area contributed by atoms with Crippen LogP contribution in [0.4, 0.5) is 10.1 Å². The van der Waals surface area contributed by atoms with Crippen LogP contribution in [0.5, 0.6) is 0 Å². The van der Waals surface area contributed by atoms with Crippen LogP contribution in [0.3, 0.4) is 0 Å². The molecule has 24 heavy (non-hydrogen) atoms. The van der Waals surface area contributed by atoms with Crippen molar-refractivity contribution in [1.29, 1.82) is 0 Å². The monoisotopic (exact) mass is 358 g/mol. The largest absolute Gasteiger partial charge is 0.421 e. The Hall–Kier alpha value is -2.06. The number of hydrogen-bond donors (Lipinski definition) is 2. The summed E-state index contributed by atoms with van der Waals surface area (Å²) in [4.78, 5) is 25.9. The van der Waals surface area contributed by atoms with E-state index in [1.165, 1.54) is 10.6 Å². The maximum Gasteiger partial charge on any atom is 0.364 e. The van der Waals surface area contributed by atoms with E-state index < -0.39 is 17.1 Å². The summed E-state index contributed by atoms with van der Waals surface area (Å²) in [5, 5.41) is 9.56. The molecular weight excluding hydrogens is 339 g/mol. The van der Waals surface area contributed by atoms with Gasteiger partial charge in [0, 0.05) is 19.6 Å². The number of aromatic nitrogens is 2. The van der Waals surface area contributed by atoms with Gasteiger partial charge in [-0.3, -0.25) is 9.36 Å². The van der Waals surface area contributed by atoms with Crippen LogP contribution in [-0.2, 0) is 6.54 Å². The quantitative estimate of drug-likeness (QED) is 0.790. The molecule has 132 valence electrons. The molecule has 0 radical (unpaired) electrons. The van der Waals surface area contributed by atoms with E-state index in [1.54, 1.807) is 6.92 Å². The van der Waals surface area contributed by atoms with Gasteiger partial charge in [-0.1, -0.05) is 4.73 Å². The van der Waals surface area contributed by atoms with E-state index >= 15 is 0 Å². The van der Waals surface area contributed by atoms with Gasteiger partial charge in [-0.15, -0.1) is 12.4 Å². The molecule has 0 bridgehead atoms. The molecule has 1 unspecified atom stereocenters. The predicted molar refractivity (Wildman–Crippen MR) is 91.9 cm³/mol. The summed E-state index contributed by atoms with van der Waals surface area (Å²) >= 11 is 0. The summed E-state index contributed by atoms with van der Waals surface area (Å²) in [7, 11) is 0. The Labute approximate surface area is 143 Å². The minimum atomic E-state index is -0.915. The van der Waals surface area contributed by atoms with Crippen molar-refractivity contribution in [3.63, 3.8) is 0 Å². The minimum Gasteiger partial charge on any atom is -0.421 e. The van der Waals surface area contributed by atoms with Crippen LogP contribution >= 0.6 is 12.4 Å². The van der Waals surface area contributed by atoms with Crippen molar-refractivity contribution in [3.8, 4) is 0 Å². The third kappa shape index (κ3) is 2.76. The standard InChI is InChI=1S/C15H19FN4O3.ClH/c1-2-19-12-6-13(18-4-3-9(7-17)8-18)11(16)5-10(12)14(21)20(23)15(19)22;/h5-6,9,23H,2-4,7-8,17H2,1H3;1H. The Bertz CT molecular complexity index is 880. The summed E-state index contributed by atoms with van der Waals surface area (Å²) in [6, 6.07) is 2.59. The van der Waals surface area contributed by atoms with Crippen molar-refractivity contribution in [2.75, 3.05) is 24.5 Å². The van der Waals surface area contributed by atoms with Crippen molar-refractivity contribution in [2.45, 2.75) is 19.9 Å². The predicted octanol–water partition coefficient (Wildman–Crippen LogP) is 0.766. The lowest BCUT2D eigenvalue weighted by molar-refractivity contribution is 0.157. The highest BCUT2D eigenvalue weighted by Gasteiger charge is 2.25. The normalized spacial score (nSPS) is 17.3. The fourth-order valence-electron chi connectivity index (χ4n) is 3.16. The van der Waals surface area contributed by atoms with Crippen LogP contribution in [0.2, 0.25) is 0 Å². The van der Waals surface area contributed by atoms with Crippen molar-refractivity contribution in [3.05, 3.63) is 38.8 Å². The Morgan fingerprint density at radius 3 is 2.67 bits per heavy atom. The highest BCUT2D eigenvalue weighted by atomic mass is 35.5. The number of anilines is 1. The van der Waals surface area contributed by atoms with Gasteiger partial charge in [-0.2, -0.15) is 0 Å². The molecular formula is C15H20ClFN4O3. The second-order valence-corrected chi connectivity index (χ2v) is 5.80. The van der Waals surface area contributed by atoms with Gasteiger partial charge in [0.25, 0.3) is 5.56 Å². The van der Waals surface area contributed by atoms with Gasteiger partial charge in [-0.05, 0) is 37.9 Å². The van der Waals surface area contributed by atoms with Gasteiger partial charge in [0.05, 0.1) is 16.6 Å². The van der Waals surface area contributed by atoms with Crippen LogP contribution in [0.25, 0.3) is 10.9 Å². The van der Waals surface area contributed by atoms with E-state index in [-0.39, 0.29) is 29.1 Å². The van der Waals surface area contributed by atoms with Gasteiger partial charge in [-0.25, -0.2) is 9.18 Å². The first-order chi connectivity index (χ1) is 11.0. The Morgan fingerprint density at radius 1 is 1.38 bits per heavy atom. The Morgan fingerprint density at radius 2 is 2.08 bits per heavy atom. The molecule has 1 aliphatic heterocycles. The third-order valence-corrected chi connectivity index (χ3v) is 4.47. The highest BCUT2D eigenvalue weighted by Crippen LogP contribution is 2.28. The summed E-state index contributed by atoms with van der Waals surface area (Å²) in [6.45, 7) is 3.84. The average Bonchev–Trinajstić information content (AvgIpc) is 3.02. The molecule has 2 aromatic rings. The molecule has 0 amide bonds. The van der Waals surface area contributed by atoms with Crippen LogP contribution in [0.15, 0.2) is 21.7 Å². The molecule has 0 spiro atoms. The lowest BCUT2D eigenvalue weighted by Gasteiger charge is -2.20. The molecule has 1 saturated heterocycles. The maximum atomic E-state index is 14.5. The fourth-order valence-corrected chi connectivity index (χ4v) is 3.16. The van der Waals surface area contributed by atoms with Crippen LogP contribution in [0.1, 0.15) is 13.3 Å². The summed E-state index contributed by atoms with van der Waals surface area (Å²) in [5.74, 6) is -0.238. The summed E-state index contributed by atoms with van der Waals surface area (Å²) in [6.07, 6.45) is 0.882. The maximum absolute atomic E-state index is 14.5. The van der Waals surface area contributed by atoms with Crippen LogP contribution in [-0.4, -0.2) is 34.1 Å². The molecule has 9 heteroatoms. The number of aryl methyl sites for hydroxylation is 1. The number of fused-ring (bicyclic) bond motifs is 1. The zero-order valence-corrected chi connectivity index (χ0v) is 14.1. The van der Waals surface area contributed by atoms with Gasteiger partial charge in [0.15, 0.2) is 0 Å². The van der Waals surface area contributed by atoms with Crippen molar-refractivity contribution >= 4 is 29.0 Å². The van der Waals surface area contributed by atoms with Gasteiger partial charge in [0.2, 0.25) is 0 Å². The van der Waals surface area contributed by atoms with E-state index in [1.807, 2.05) is 4.90 Å². The lowest BCUT2D eigenvalue weighted by atomic mass is 10.1. The first kappa shape index (κ1) is 18.3. The molecule has 0 saturated carbocycles. The van der Waals surface area contributed by atoms with Crippen molar-refractivity contribution in [2.24, 2.45) is 11.7 Å². The van der Waals surface area contributed by atoms with E-state index in [2.05, 4.69) is 0 Å². The van der Waals surface area contributed by atoms with Gasteiger partial charge in [0.1, 0.15) is 5.82 Å². The smallest absolute Gasteiger partial charge is 0.364 e. The number of rotatable bonds is 3. The molecule has 0 aliphatic carbocycles. The molecule has 3 rings (SSSR count). The second-order valence-electron chi connectivity index (χ2n) is 5.80. The molecule has 1 fully saturated rings. The lowest BCUT2D eigenvalue weighted by Crippen LogP contribution is -2.38. The first-order valence-electron chi connectivity index (χ1n) is 7.61. The zero-order valence-electron chi connectivity index (χ0n) is 13.2. The summed E-state index contributed by atoms with van der Waals surface area (Å²) < 4.78 is 15.7. The zero-order chi connectivity index (χ0) is 16.7. The second kappa shape index (κ2) is 6.82. The first-order valence-corrected chi connectivity index (χ1v) is 7.61. The Kier molecular flexibility index (Phi) is 5.19. The Balaban J connectivity index is 0.00000208. The van der Waals surface area contributed by atoms with E-state index in [0.29, 0.717) is 36.8 Å². The molecule has 3 N–H and O–H groups in total. The van der Waals surface area contributed by atoms with Crippen molar-refractivity contribution in [1.82, 2.24) is 9.30 Å². The van der Waals surface area contributed by atoms with E-state index in [9.17, 15) is 19.2 Å². The van der Waals surface area contributed by atoms with Gasteiger partial charge >= 0.3 is 5.69 Å². The molecule has 7 nitrogen and oxygen atoms in total. The average molecular weight is 359 g/mol. The fraction of sp³-hybridized carbons (Fsp3) is 0.467. The SMILES string of the molecule is CCn1c(=O)n(O)c(=O)c2cc(F)c(N3CCC(CN)C3)cc21.Cl. The molecule has 1 atom stereocenters. The molecule has 1 aromatic heterocycles. The molecule has 1 aromatic carbocycles. The van der Waals surface area contributed by atoms with Gasteiger partial charge < -0.3 is 15.8 Å². The number of benzene rings is 1. The van der Waals surface area contributed by atoms with Crippen molar-refractivity contribution < 1.29 is 9.60 Å².